The predicted molar refractivity (Wildman–Crippen MR) is 121 cm³/mol. The Bertz CT molecular complexity index is 1120. The molecule has 0 radical (unpaired) electrons. The van der Waals surface area contributed by atoms with Crippen LogP contribution in [0, 0.1) is 6.92 Å². The second-order valence-electron chi connectivity index (χ2n) is 9.10. The van der Waals surface area contributed by atoms with Crippen molar-refractivity contribution in [1.82, 2.24) is 9.88 Å². The van der Waals surface area contributed by atoms with Crippen molar-refractivity contribution in [2.45, 2.75) is 37.2 Å². The zero-order chi connectivity index (χ0) is 20.9. The van der Waals surface area contributed by atoms with Gasteiger partial charge in [-0.15, -0.1) is 6.58 Å². The van der Waals surface area contributed by atoms with Crippen molar-refractivity contribution in [3.63, 3.8) is 0 Å². The standard InChI is InChI=1S/C26H30N2O2/c1-4-11-28-12-10-25(19-6-5-7-20(14-19)30-3)16-24-22(15-26(25,29)17-28)21-13-18(2)8-9-23(21)27-24/h4-9,13-14,27,29H,1,10-12,15-17H2,2-3H3/t25-,26-/m0/s1. The lowest BCUT2D eigenvalue weighted by Crippen LogP contribution is -2.66. The number of aliphatic hydroxyl groups is 1. The van der Waals surface area contributed by atoms with Gasteiger partial charge in [-0.05, 0) is 55.3 Å². The Labute approximate surface area is 178 Å². The smallest absolute Gasteiger partial charge is 0.119 e. The molecule has 1 aromatic heterocycles. The zero-order valence-corrected chi connectivity index (χ0v) is 17.9. The van der Waals surface area contributed by atoms with E-state index in [9.17, 15) is 5.11 Å². The highest BCUT2D eigenvalue weighted by molar-refractivity contribution is 5.86. The topological polar surface area (TPSA) is 48.5 Å². The minimum atomic E-state index is -0.855. The van der Waals surface area contributed by atoms with Crippen LogP contribution in [-0.2, 0) is 18.3 Å². The van der Waals surface area contributed by atoms with Crippen molar-refractivity contribution in [3.05, 3.63) is 77.5 Å². The van der Waals surface area contributed by atoms with Crippen molar-refractivity contribution in [2.24, 2.45) is 0 Å². The Morgan fingerprint density at radius 2 is 2.10 bits per heavy atom. The van der Waals surface area contributed by atoms with Gasteiger partial charge in [-0.1, -0.05) is 29.8 Å². The fourth-order valence-corrected chi connectivity index (χ4v) is 5.80. The lowest BCUT2D eigenvalue weighted by atomic mass is 9.56. The molecule has 156 valence electrons. The average Bonchev–Trinajstić information content (AvgIpc) is 3.07. The molecule has 0 saturated carbocycles. The molecule has 0 bridgehead atoms. The van der Waals surface area contributed by atoms with E-state index in [-0.39, 0.29) is 5.41 Å². The van der Waals surface area contributed by atoms with E-state index in [1.54, 1.807) is 7.11 Å². The van der Waals surface area contributed by atoms with Gasteiger partial charge in [0.2, 0.25) is 0 Å². The van der Waals surface area contributed by atoms with Crippen LogP contribution in [0.15, 0.2) is 55.1 Å². The van der Waals surface area contributed by atoms with Gasteiger partial charge in [0.1, 0.15) is 5.75 Å². The summed E-state index contributed by atoms with van der Waals surface area (Å²) in [6, 6.07) is 14.9. The molecular formula is C26H30N2O2. The Morgan fingerprint density at radius 1 is 1.23 bits per heavy atom. The second-order valence-corrected chi connectivity index (χ2v) is 9.10. The first-order valence-electron chi connectivity index (χ1n) is 10.8. The predicted octanol–water partition coefficient (Wildman–Crippen LogP) is 4.14. The van der Waals surface area contributed by atoms with Gasteiger partial charge in [0, 0.05) is 47.9 Å². The van der Waals surface area contributed by atoms with E-state index in [0.29, 0.717) is 13.0 Å². The van der Waals surface area contributed by atoms with Crippen LogP contribution in [0.3, 0.4) is 0 Å². The third-order valence-electron chi connectivity index (χ3n) is 7.34. The van der Waals surface area contributed by atoms with Gasteiger partial charge in [0.25, 0.3) is 0 Å². The Morgan fingerprint density at radius 3 is 2.90 bits per heavy atom. The maximum absolute atomic E-state index is 12.3. The number of nitrogens with zero attached hydrogens (tertiary/aromatic N) is 1. The van der Waals surface area contributed by atoms with Crippen LogP contribution < -0.4 is 4.74 Å². The van der Waals surface area contributed by atoms with Crippen LogP contribution in [0.4, 0.5) is 0 Å². The number of nitrogens with one attached hydrogen (secondary N) is 1. The summed E-state index contributed by atoms with van der Waals surface area (Å²) in [5.41, 5.74) is 4.92. The molecule has 0 unspecified atom stereocenters. The van der Waals surface area contributed by atoms with Crippen molar-refractivity contribution in [2.75, 3.05) is 26.7 Å². The molecule has 2 aliphatic rings. The van der Waals surface area contributed by atoms with Gasteiger partial charge >= 0.3 is 0 Å². The molecular weight excluding hydrogens is 372 g/mol. The molecule has 5 rings (SSSR count). The van der Waals surface area contributed by atoms with Crippen LogP contribution in [-0.4, -0.2) is 47.3 Å². The molecule has 0 spiro atoms. The summed E-state index contributed by atoms with van der Waals surface area (Å²) in [6.07, 6.45) is 4.29. The Hall–Kier alpha value is -2.56. The van der Waals surface area contributed by atoms with Crippen LogP contribution in [0.1, 0.15) is 28.8 Å². The van der Waals surface area contributed by atoms with Gasteiger partial charge in [-0.2, -0.15) is 0 Å². The number of benzene rings is 2. The number of aryl methyl sites for hydroxylation is 1. The minimum Gasteiger partial charge on any atom is -0.497 e. The van der Waals surface area contributed by atoms with E-state index in [4.69, 9.17) is 4.74 Å². The largest absolute Gasteiger partial charge is 0.497 e. The van der Waals surface area contributed by atoms with E-state index in [2.05, 4.69) is 53.7 Å². The number of aromatic nitrogens is 1. The van der Waals surface area contributed by atoms with Crippen LogP contribution in [0.5, 0.6) is 5.75 Å². The lowest BCUT2D eigenvalue weighted by Gasteiger charge is -2.56. The summed E-state index contributed by atoms with van der Waals surface area (Å²) in [7, 11) is 1.70. The first kappa shape index (κ1) is 19.4. The van der Waals surface area contributed by atoms with Crippen molar-refractivity contribution in [1.29, 1.82) is 0 Å². The van der Waals surface area contributed by atoms with Gasteiger partial charge in [0.15, 0.2) is 0 Å². The molecule has 4 nitrogen and oxygen atoms in total. The fourth-order valence-electron chi connectivity index (χ4n) is 5.80. The fraction of sp³-hybridized carbons (Fsp3) is 0.385. The number of H-pyrrole nitrogens is 1. The van der Waals surface area contributed by atoms with E-state index in [1.807, 2.05) is 18.2 Å². The summed E-state index contributed by atoms with van der Waals surface area (Å²) in [5.74, 6) is 0.843. The summed E-state index contributed by atoms with van der Waals surface area (Å²) in [6.45, 7) is 8.44. The molecule has 2 aromatic carbocycles. The Kier molecular flexibility index (Phi) is 4.53. The van der Waals surface area contributed by atoms with E-state index in [1.165, 1.54) is 27.8 Å². The Balaban J connectivity index is 1.69. The van der Waals surface area contributed by atoms with E-state index in [0.717, 1.165) is 37.2 Å². The zero-order valence-electron chi connectivity index (χ0n) is 17.9. The number of hydrogen-bond acceptors (Lipinski definition) is 3. The quantitative estimate of drug-likeness (QED) is 0.645. The molecule has 1 aliphatic carbocycles. The maximum Gasteiger partial charge on any atom is 0.119 e. The number of β-amino-alcohol motifs (C(OH)–C–C–N with tert-alkyl or cyclic N) is 1. The molecule has 2 atom stereocenters. The number of piperidine rings is 1. The van der Waals surface area contributed by atoms with Gasteiger partial charge in [-0.25, -0.2) is 0 Å². The first-order valence-corrected chi connectivity index (χ1v) is 10.8. The molecule has 4 heteroatoms. The highest BCUT2D eigenvalue weighted by Gasteiger charge is 2.57. The monoisotopic (exact) mass is 402 g/mol. The summed E-state index contributed by atoms with van der Waals surface area (Å²) in [5, 5.41) is 13.6. The molecule has 1 aliphatic heterocycles. The number of hydrogen-bond donors (Lipinski definition) is 2. The molecule has 3 aromatic rings. The third-order valence-corrected chi connectivity index (χ3v) is 7.34. The molecule has 2 N–H and O–H groups in total. The third kappa shape index (κ3) is 2.82. The van der Waals surface area contributed by atoms with Crippen molar-refractivity contribution in [3.8, 4) is 5.75 Å². The van der Waals surface area contributed by atoms with Gasteiger partial charge < -0.3 is 14.8 Å². The van der Waals surface area contributed by atoms with Crippen LogP contribution in [0.2, 0.25) is 0 Å². The summed E-state index contributed by atoms with van der Waals surface area (Å²) < 4.78 is 5.53. The highest BCUT2D eigenvalue weighted by Crippen LogP contribution is 2.51. The number of fused-ring (bicyclic) bond motifs is 4. The number of rotatable bonds is 4. The number of aromatic amines is 1. The van der Waals surface area contributed by atoms with E-state index < -0.39 is 5.60 Å². The first-order chi connectivity index (χ1) is 14.5. The molecule has 1 fully saturated rings. The normalized spacial score (nSPS) is 26.2. The van der Waals surface area contributed by atoms with Gasteiger partial charge in [0.05, 0.1) is 12.7 Å². The second kappa shape index (κ2) is 7.00. The lowest BCUT2D eigenvalue weighted by molar-refractivity contribution is -0.100. The molecule has 0 amide bonds. The molecule has 30 heavy (non-hydrogen) atoms. The maximum atomic E-state index is 12.3. The van der Waals surface area contributed by atoms with Crippen LogP contribution >= 0.6 is 0 Å². The average molecular weight is 403 g/mol. The molecule has 1 saturated heterocycles. The summed E-state index contributed by atoms with van der Waals surface area (Å²) in [4.78, 5) is 6.01. The number of likely N-dealkylation sites (tertiary alicyclic amines) is 1. The summed E-state index contributed by atoms with van der Waals surface area (Å²) >= 11 is 0. The van der Waals surface area contributed by atoms with Crippen LogP contribution in [0.25, 0.3) is 10.9 Å². The SMILES string of the molecule is C=CCN1CC[C@@]2(c3cccc(OC)c3)Cc3[nH]c4ccc(C)cc4c3C[C@]2(O)C1. The van der Waals surface area contributed by atoms with E-state index >= 15 is 0 Å². The van der Waals surface area contributed by atoms with Crippen molar-refractivity contribution < 1.29 is 9.84 Å². The molecule has 2 heterocycles. The van der Waals surface area contributed by atoms with Crippen molar-refractivity contribution >= 4 is 10.9 Å². The number of ether oxygens (including phenoxy) is 1. The number of methoxy groups -OCH3 is 1. The van der Waals surface area contributed by atoms with Gasteiger partial charge in [-0.3, -0.25) is 4.90 Å². The highest BCUT2D eigenvalue weighted by atomic mass is 16.5. The minimum absolute atomic E-state index is 0.345.